The van der Waals surface area contributed by atoms with E-state index in [1.165, 1.54) is 0 Å². The maximum Gasteiger partial charge on any atom is 0.248 e. The summed E-state index contributed by atoms with van der Waals surface area (Å²) in [6.07, 6.45) is 0.236. The van der Waals surface area contributed by atoms with E-state index in [2.05, 4.69) is 15.2 Å². The number of aromatic amines is 1. The molecule has 3 rings (SSSR count). The fraction of sp³-hybridized carbons (Fsp3) is 0.100. The highest BCUT2D eigenvalue weighted by atomic mass is 16.1. The lowest BCUT2D eigenvalue weighted by molar-refractivity contribution is 0.0985. The van der Waals surface area contributed by atoms with Crippen molar-refractivity contribution >= 4 is 34.3 Å². The molecule has 7 N–H and O–H groups in total. The lowest BCUT2D eigenvalue weighted by Gasteiger charge is -2.03. The minimum absolute atomic E-state index is 0.0598. The van der Waals surface area contributed by atoms with Crippen LogP contribution in [0, 0.1) is 0 Å². The lowest BCUT2D eigenvalue weighted by atomic mass is 10.0. The largest absolute Gasteiger partial charge is 0.369 e. The fourth-order valence-electron chi connectivity index (χ4n) is 2.77. The molecule has 1 amide bonds. The number of carbonyl (C=O) groups excluding carboxylic acids is 2. The quantitative estimate of drug-likeness (QED) is 0.224. The Labute approximate surface area is 161 Å². The van der Waals surface area contributed by atoms with Gasteiger partial charge in [0.1, 0.15) is 0 Å². The van der Waals surface area contributed by atoms with Crippen molar-refractivity contribution < 1.29 is 9.59 Å². The van der Waals surface area contributed by atoms with Crippen LogP contribution in [0.3, 0.4) is 0 Å². The lowest BCUT2D eigenvalue weighted by Crippen LogP contribution is -2.22. The normalized spacial score (nSPS) is 11.4. The number of fused-ring (bicyclic) bond motifs is 1. The molecular weight excluding hydrogens is 356 g/mol. The van der Waals surface area contributed by atoms with Crippen molar-refractivity contribution in [1.82, 2.24) is 4.98 Å². The number of ketones is 1. The molecule has 0 aliphatic rings. The van der Waals surface area contributed by atoms with Crippen molar-refractivity contribution in [3.63, 3.8) is 0 Å². The molecule has 0 bridgehead atoms. The molecule has 0 saturated heterocycles. The topological polar surface area (TPSA) is 153 Å². The van der Waals surface area contributed by atoms with Crippen molar-refractivity contribution in [2.24, 2.45) is 27.4 Å². The zero-order chi connectivity index (χ0) is 20.3. The number of hydrogen-bond donors (Lipinski definition) is 4. The Morgan fingerprint density at radius 1 is 0.929 bits per heavy atom. The van der Waals surface area contributed by atoms with Gasteiger partial charge in [-0.2, -0.15) is 5.10 Å². The van der Waals surface area contributed by atoms with Gasteiger partial charge in [0.25, 0.3) is 0 Å². The van der Waals surface area contributed by atoms with Gasteiger partial charge in [-0.3, -0.25) is 9.59 Å². The van der Waals surface area contributed by atoms with E-state index in [0.29, 0.717) is 17.0 Å². The summed E-state index contributed by atoms with van der Waals surface area (Å²) < 4.78 is 0. The number of rotatable bonds is 6. The molecule has 0 fully saturated rings. The first kappa shape index (κ1) is 18.8. The van der Waals surface area contributed by atoms with E-state index in [1.807, 2.05) is 24.3 Å². The Kier molecular flexibility index (Phi) is 5.21. The zero-order valence-corrected chi connectivity index (χ0v) is 15.3. The van der Waals surface area contributed by atoms with E-state index in [4.69, 9.17) is 17.2 Å². The van der Waals surface area contributed by atoms with Crippen LogP contribution in [0.5, 0.6) is 0 Å². The molecule has 1 aromatic heterocycles. The van der Waals surface area contributed by atoms with E-state index in [0.717, 1.165) is 22.0 Å². The van der Waals surface area contributed by atoms with Gasteiger partial charge >= 0.3 is 0 Å². The van der Waals surface area contributed by atoms with Crippen molar-refractivity contribution in [2.45, 2.75) is 13.3 Å². The highest BCUT2D eigenvalue weighted by Crippen LogP contribution is 2.19. The third-order valence-corrected chi connectivity index (χ3v) is 4.26. The van der Waals surface area contributed by atoms with Crippen molar-refractivity contribution in [3.05, 3.63) is 70.9 Å². The van der Waals surface area contributed by atoms with E-state index in [-0.39, 0.29) is 18.2 Å². The molecule has 0 atom stereocenters. The Hall–Kier alpha value is -3.94. The number of benzene rings is 2. The van der Waals surface area contributed by atoms with Crippen LogP contribution in [0.15, 0.2) is 58.7 Å². The molecule has 142 valence electrons. The molecule has 0 radical (unpaired) electrons. The van der Waals surface area contributed by atoms with Crippen LogP contribution >= 0.6 is 0 Å². The second-order valence-corrected chi connectivity index (χ2v) is 6.36. The Bertz CT molecular complexity index is 1110. The van der Waals surface area contributed by atoms with Gasteiger partial charge in [0, 0.05) is 22.9 Å². The Morgan fingerprint density at radius 3 is 2.25 bits per heavy atom. The van der Waals surface area contributed by atoms with Gasteiger partial charge in [-0.1, -0.05) is 24.3 Å². The van der Waals surface area contributed by atoms with Crippen molar-refractivity contribution in [3.8, 4) is 0 Å². The van der Waals surface area contributed by atoms with Crippen LogP contribution in [0.4, 0.5) is 0 Å². The number of nitrogens with two attached hydrogens (primary N) is 3. The van der Waals surface area contributed by atoms with E-state index in [1.54, 1.807) is 31.2 Å². The summed E-state index contributed by atoms with van der Waals surface area (Å²) in [7, 11) is 0. The zero-order valence-electron chi connectivity index (χ0n) is 15.3. The molecule has 0 saturated carbocycles. The second kappa shape index (κ2) is 7.75. The van der Waals surface area contributed by atoms with E-state index >= 15 is 0 Å². The van der Waals surface area contributed by atoms with Crippen molar-refractivity contribution in [1.29, 1.82) is 0 Å². The number of amides is 1. The van der Waals surface area contributed by atoms with Gasteiger partial charge in [0.15, 0.2) is 5.78 Å². The van der Waals surface area contributed by atoms with Crippen LogP contribution in [0.25, 0.3) is 10.9 Å². The number of hydrogen-bond acceptors (Lipinski definition) is 4. The summed E-state index contributed by atoms with van der Waals surface area (Å²) in [5.41, 5.74) is 19.8. The molecule has 0 spiro atoms. The maximum atomic E-state index is 12.6. The van der Waals surface area contributed by atoms with Crippen LogP contribution in [-0.2, 0) is 6.42 Å². The highest BCUT2D eigenvalue weighted by molar-refractivity contribution is 6.03. The first-order valence-electron chi connectivity index (χ1n) is 8.52. The molecule has 2 aromatic carbocycles. The van der Waals surface area contributed by atoms with E-state index < -0.39 is 5.91 Å². The molecule has 3 aromatic rings. The van der Waals surface area contributed by atoms with Gasteiger partial charge in [-0.15, -0.1) is 5.10 Å². The number of H-pyrrole nitrogens is 1. The number of carbonyl (C=O) groups is 2. The predicted molar refractivity (Wildman–Crippen MR) is 109 cm³/mol. The molecule has 0 unspecified atom stereocenters. The molecule has 8 heteroatoms. The number of nitrogens with zero attached hydrogens (tertiary/aromatic N) is 2. The number of nitrogens with one attached hydrogen (secondary N) is 1. The molecule has 0 aliphatic heterocycles. The van der Waals surface area contributed by atoms with Crippen LogP contribution in [-0.4, -0.2) is 28.3 Å². The molecule has 8 nitrogen and oxygen atoms in total. The SMILES string of the molecule is C/C(=N/N=C(N)N)c1ccc(CC(=O)c2cc3cc(C(N)=O)ccc3[nH]2)cc1. The number of aromatic nitrogens is 1. The van der Waals surface area contributed by atoms with Gasteiger partial charge in [-0.25, -0.2) is 0 Å². The number of Topliss-reactive ketones (excluding diaryl/α,β-unsaturated/α-hetero) is 1. The summed E-state index contributed by atoms with van der Waals surface area (Å²) in [6.45, 7) is 1.79. The Morgan fingerprint density at radius 2 is 1.61 bits per heavy atom. The van der Waals surface area contributed by atoms with Crippen LogP contribution in [0.2, 0.25) is 0 Å². The average molecular weight is 376 g/mol. The molecule has 28 heavy (non-hydrogen) atoms. The second-order valence-electron chi connectivity index (χ2n) is 6.36. The van der Waals surface area contributed by atoms with Crippen LogP contribution in [0.1, 0.15) is 38.9 Å². The summed E-state index contributed by atoms with van der Waals surface area (Å²) in [5, 5.41) is 8.31. The molecular formula is C20H20N6O2. The Balaban J connectivity index is 1.76. The first-order chi connectivity index (χ1) is 13.3. The molecule has 0 aliphatic carbocycles. The third kappa shape index (κ3) is 4.24. The highest BCUT2D eigenvalue weighted by Gasteiger charge is 2.12. The standard InChI is InChI=1S/C20H20N6O2/c1-11(25-26-20(22)23)13-4-2-12(3-5-13)8-18(27)17-10-15-9-14(19(21)28)6-7-16(15)24-17/h2-7,9-10,24H,8H2,1H3,(H2,21,28)(H4,22,23,26)/b25-11-. The van der Waals surface area contributed by atoms with Gasteiger partial charge in [0.2, 0.25) is 11.9 Å². The summed E-state index contributed by atoms with van der Waals surface area (Å²) in [5.74, 6) is -0.673. The summed E-state index contributed by atoms with van der Waals surface area (Å²) >= 11 is 0. The van der Waals surface area contributed by atoms with Gasteiger partial charge in [0.05, 0.1) is 11.4 Å². The smallest absolute Gasteiger partial charge is 0.248 e. The maximum absolute atomic E-state index is 12.6. The van der Waals surface area contributed by atoms with Crippen LogP contribution < -0.4 is 17.2 Å². The number of primary amides is 1. The molecule has 1 heterocycles. The predicted octanol–water partition coefficient (Wildman–Crippen LogP) is 1.69. The minimum atomic E-state index is -0.505. The monoisotopic (exact) mass is 376 g/mol. The minimum Gasteiger partial charge on any atom is -0.369 e. The summed E-state index contributed by atoms with van der Waals surface area (Å²) in [4.78, 5) is 27.0. The fourth-order valence-corrected chi connectivity index (χ4v) is 2.77. The van der Waals surface area contributed by atoms with Gasteiger partial charge in [-0.05, 0) is 42.3 Å². The number of guanidine groups is 1. The van der Waals surface area contributed by atoms with Crippen molar-refractivity contribution in [2.75, 3.05) is 0 Å². The van der Waals surface area contributed by atoms with Gasteiger partial charge < -0.3 is 22.2 Å². The third-order valence-electron chi connectivity index (χ3n) is 4.26. The first-order valence-corrected chi connectivity index (χ1v) is 8.52. The average Bonchev–Trinajstić information content (AvgIpc) is 3.10. The summed E-state index contributed by atoms with van der Waals surface area (Å²) in [6, 6.07) is 14.2. The van der Waals surface area contributed by atoms with E-state index in [9.17, 15) is 9.59 Å².